The van der Waals surface area contributed by atoms with Gasteiger partial charge in [-0.15, -0.1) is 0 Å². The topological polar surface area (TPSA) is 123 Å². The number of rotatable bonds is 2. The first-order chi connectivity index (χ1) is 11.2. The van der Waals surface area contributed by atoms with E-state index in [0.717, 1.165) is 0 Å². The van der Waals surface area contributed by atoms with Crippen LogP contribution < -0.4 is 0 Å². The molecule has 8 heteroatoms. The molecule has 2 aliphatic heterocycles. The predicted octanol–water partition coefficient (Wildman–Crippen LogP) is -1.26. The normalized spacial score (nSPS) is 55.6. The van der Waals surface area contributed by atoms with Crippen molar-refractivity contribution in [3.05, 3.63) is 0 Å². The Morgan fingerprint density at radius 3 is 2.58 bits per heavy atom. The van der Waals surface area contributed by atoms with Crippen LogP contribution in [0, 0.1) is 16.7 Å². The minimum absolute atomic E-state index is 0.0759. The number of ether oxygens (including phenoxy) is 3. The van der Waals surface area contributed by atoms with Crippen molar-refractivity contribution in [2.75, 3.05) is 20.3 Å². The molecule has 2 saturated heterocycles. The molecule has 0 amide bonds. The summed E-state index contributed by atoms with van der Waals surface area (Å²) in [4.78, 5) is 24.8. The lowest BCUT2D eigenvalue weighted by atomic mass is 9.42. The molecule has 0 aromatic heterocycles. The number of aliphatic hydroxyl groups excluding tert-OH is 1. The number of hydrogen-bond donors (Lipinski definition) is 3. The van der Waals surface area contributed by atoms with E-state index in [4.69, 9.17) is 14.2 Å². The Kier molecular flexibility index (Phi) is 3.04. The Morgan fingerprint density at radius 2 is 2.04 bits per heavy atom. The molecule has 4 rings (SSSR count). The zero-order chi connectivity index (χ0) is 17.5. The van der Waals surface area contributed by atoms with Crippen LogP contribution in [0.3, 0.4) is 0 Å². The fraction of sp³-hybridized carbons (Fsp3) is 0.875. The van der Waals surface area contributed by atoms with E-state index in [2.05, 4.69) is 0 Å². The summed E-state index contributed by atoms with van der Waals surface area (Å²) in [5, 5.41) is 33.7. The van der Waals surface area contributed by atoms with Gasteiger partial charge in [-0.25, -0.2) is 4.79 Å². The van der Waals surface area contributed by atoms with Gasteiger partial charge in [-0.1, -0.05) is 6.92 Å². The summed E-state index contributed by atoms with van der Waals surface area (Å²) < 4.78 is 15.4. The minimum atomic E-state index is -1.91. The maximum atomic E-state index is 12.5. The first kappa shape index (κ1) is 16.3. The van der Waals surface area contributed by atoms with Crippen molar-refractivity contribution in [1.29, 1.82) is 0 Å². The van der Waals surface area contributed by atoms with E-state index in [1.165, 1.54) is 7.11 Å². The van der Waals surface area contributed by atoms with Crippen molar-refractivity contribution < 1.29 is 39.1 Å². The van der Waals surface area contributed by atoms with E-state index < -0.39 is 46.2 Å². The van der Waals surface area contributed by atoms with E-state index in [1.807, 2.05) is 6.92 Å². The van der Waals surface area contributed by atoms with Gasteiger partial charge < -0.3 is 29.5 Å². The molecule has 8 nitrogen and oxygen atoms in total. The lowest BCUT2D eigenvalue weighted by molar-refractivity contribution is -0.369. The summed E-state index contributed by atoms with van der Waals surface area (Å²) in [6, 6.07) is 0. The molecule has 1 unspecified atom stereocenters. The molecule has 2 saturated carbocycles. The SMILES string of the molecule is COC[C@]1(O)[C@H]2C[C@]3([C@H](C)CCC3(O)[C@]13COC3=O)[C@@H](O)C(=O)O2. The van der Waals surface area contributed by atoms with E-state index in [9.17, 15) is 24.9 Å². The van der Waals surface area contributed by atoms with Crippen LogP contribution in [0.15, 0.2) is 0 Å². The van der Waals surface area contributed by atoms with Gasteiger partial charge in [0.25, 0.3) is 0 Å². The van der Waals surface area contributed by atoms with Crippen molar-refractivity contribution >= 4 is 11.9 Å². The van der Waals surface area contributed by atoms with Gasteiger partial charge in [0.05, 0.1) is 12.2 Å². The second-order valence-electron chi connectivity index (χ2n) is 7.71. The van der Waals surface area contributed by atoms with Gasteiger partial charge in [-0.2, -0.15) is 0 Å². The van der Waals surface area contributed by atoms with Crippen LogP contribution in [0.5, 0.6) is 0 Å². The maximum Gasteiger partial charge on any atom is 0.336 e. The molecule has 24 heavy (non-hydrogen) atoms. The molecular weight excluding hydrogens is 320 g/mol. The van der Waals surface area contributed by atoms with Gasteiger partial charge in [-0.05, 0) is 25.2 Å². The third-order valence-electron chi connectivity index (χ3n) is 7.19. The van der Waals surface area contributed by atoms with Crippen LogP contribution >= 0.6 is 0 Å². The monoisotopic (exact) mass is 342 g/mol. The van der Waals surface area contributed by atoms with Gasteiger partial charge in [0.1, 0.15) is 18.3 Å². The Bertz CT molecular complexity index is 621. The van der Waals surface area contributed by atoms with Crippen molar-refractivity contribution in [2.45, 2.75) is 49.6 Å². The highest BCUT2D eigenvalue weighted by molar-refractivity contribution is 5.88. The summed E-state index contributed by atoms with van der Waals surface area (Å²) in [6.07, 6.45) is -1.82. The molecule has 4 fully saturated rings. The average molecular weight is 342 g/mol. The van der Waals surface area contributed by atoms with Crippen molar-refractivity contribution in [1.82, 2.24) is 0 Å². The van der Waals surface area contributed by atoms with Gasteiger partial charge in [0.2, 0.25) is 0 Å². The van der Waals surface area contributed by atoms with E-state index >= 15 is 0 Å². The molecular formula is C16H22O8. The third-order valence-corrected chi connectivity index (χ3v) is 7.19. The van der Waals surface area contributed by atoms with Gasteiger partial charge in [0.15, 0.2) is 11.5 Å². The summed E-state index contributed by atoms with van der Waals surface area (Å²) >= 11 is 0. The molecule has 2 bridgehead atoms. The molecule has 0 aromatic rings. The van der Waals surface area contributed by atoms with Crippen LogP contribution in [0.2, 0.25) is 0 Å². The van der Waals surface area contributed by atoms with Crippen LogP contribution in [0.4, 0.5) is 0 Å². The van der Waals surface area contributed by atoms with Gasteiger partial charge in [-0.3, -0.25) is 4.79 Å². The van der Waals surface area contributed by atoms with E-state index in [0.29, 0.717) is 6.42 Å². The molecule has 2 aliphatic carbocycles. The largest absolute Gasteiger partial charge is 0.464 e. The average Bonchev–Trinajstić information content (AvgIpc) is 2.77. The number of esters is 2. The molecule has 2 heterocycles. The standard InChI is InChI=1S/C16H22O8/c1-8-3-4-16(21)13(8)5-9(24-11(18)10(13)17)15(20,7-22-2)14(16)6-23-12(14)19/h8-10,17,20-21H,3-7H2,1-2H3/t8-,9-,10+,13+,14+,15+,16?/m1/s1. The maximum absolute atomic E-state index is 12.5. The van der Waals surface area contributed by atoms with Crippen molar-refractivity contribution in [3.8, 4) is 0 Å². The fourth-order valence-corrected chi connectivity index (χ4v) is 5.88. The number of carbonyl (C=O) groups excluding carboxylic acids is 2. The number of cyclic esters (lactones) is 1. The molecule has 2 spiro atoms. The molecule has 0 aromatic carbocycles. The highest BCUT2D eigenvalue weighted by Crippen LogP contribution is 2.72. The second kappa shape index (κ2) is 4.49. The van der Waals surface area contributed by atoms with E-state index in [1.54, 1.807) is 0 Å². The van der Waals surface area contributed by atoms with Crippen LogP contribution in [-0.4, -0.2) is 71.0 Å². The molecule has 7 atom stereocenters. The van der Waals surface area contributed by atoms with Crippen LogP contribution in [-0.2, 0) is 23.8 Å². The molecule has 134 valence electrons. The van der Waals surface area contributed by atoms with Crippen LogP contribution in [0.25, 0.3) is 0 Å². The number of methoxy groups -OCH3 is 1. The first-order valence-electron chi connectivity index (χ1n) is 8.21. The lowest BCUT2D eigenvalue weighted by Gasteiger charge is -2.69. The Balaban J connectivity index is 1.99. The quantitative estimate of drug-likeness (QED) is 0.532. The lowest BCUT2D eigenvalue weighted by Crippen LogP contribution is -2.87. The molecule has 3 N–H and O–H groups in total. The Hall–Kier alpha value is -1.22. The highest BCUT2D eigenvalue weighted by Gasteiger charge is 2.88. The number of fused-ring (bicyclic) bond motifs is 2. The number of hydrogen-bond acceptors (Lipinski definition) is 8. The first-order valence-corrected chi connectivity index (χ1v) is 8.21. The fourth-order valence-electron chi connectivity index (χ4n) is 5.88. The zero-order valence-electron chi connectivity index (χ0n) is 13.7. The van der Waals surface area contributed by atoms with E-state index in [-0.39, 0.29) is 32.0 Å². The van der Waals surface area contributed by atoms with Crippen molar-refractivity contribution in [2.24, 2.45) is 16.7 Å². The summed E-state index contributed by atoms with van der Waals surface area (Å²) in [5.41, 5.74) is -6.59. The van der Waals surface area contributed by atoms with Crippen molar-refractivity contribution in [3.63, 3.8) is 0 Å². The Morgan fingerprint density at radius 1 is 1.33 bits per heavy atom. The number of carbonyl (C=O) groups is 2. The van der Waals surface area contributed by atoms with Gasteiger partial charge in [0, 0.05) is 12.5 Å². The summed E-state index contributed by atoms with van der Waals surface area (Å²) in [5.74, 6) is -1.83. The molecule has 0 radical (unpaired) electrons. The Labute approximate surface area is 138 Å². The van der Waals surface area contributed by atoms with Crippen LogP contribution in [0.1, 0.15) is 26.2 Å². The smallest absolute Gasteiger partial charge is 0.336 e. The predicted molar refractivity (Wildman–Crippen MR) is 76.5 cm³/mol. The summed E-state index contributed by atoms with van der Waals surface area (Å²) in [7, 11) is 1.36. The number of aliphatic hydroxyl groups is 3. The summed E-state index contributed by atoms with van der Waals surface area (Å²) in [6.45, 7) is 1.36. The highest BCUT2D eigenvalue weighted by atomic mass is 16.6. The second-order valence-corrected chi connectivity index (χ2v) is 7.71. The van der Waals surface area contributed by atoms with Gasteiger partial charge >= 0.3 is 11.9 Å². The minimum Gasteiger partial charge on any atom is -0.464 e. The third kappa shape index (κ3) is 1.31. The molecule has 4 aliphatic rings. The zero-order valence-corrected chi connectivity index (χ0v) is 13.7.